The summed E-state index contributed by atoms with van der Waals surface area (Å²) in [5.41, 5.74) is 0.561. The lowest BCUT2D eigenvalue weighted by atomic mass is 10.2. The van der Waals surface area contributed by atoms with E-state index in [0.29, 0.717) is 10.2 Å². The number of aromatic carboxylic acids is 1. The van der Waals surface area contributed by atoms with Crippen LogP contribution in [0.15, 0.2) is 22.7 Å². The molecule has 0 aromatic heterocycles. The third-order valence-corrected chi connectivity index (χ3v) is 2.12. The van der Waals surface area contributed by atoms with E-state index in [0.717, 1.165) is 0 Å². The van der Waals surface area contributed by atoms with E-state index < -0.39 is 12.6 Å². The van der Waals surface area contributed by atoms with Crippen LogP contribution in [0, 0.1) is 0 Å². The molecule has 3 nitrogen and oxygen atoms in total. The van der Waals surface area contributed by atoms with E-state index in [1.807, 2.05) is 0 Å². The minimum absolute atomic E-state index is 0.113. The first-order chi connectivity index (χ1) is 6.65. The molecule has 1 rings (SSSR count). The van der Waals surface area contributed by atoms with Gasteiger partial charge in [-0.05, 0) is 18.2 Å². The molecular weight excluding hydrogens is 253 g/mol. The van der Waals surface area contributed by atoms with E-state index in [1.165, 1.54) is 6.07 Å². The Kier molecular flexibility index (Phi) is 3.88. The second-order valence-corrected chi connectivity index (χ2v) is 3.53. The van der Waals surface area contributed by atoms with Gasteiger partial charge in [-0.25, -0.2) is 9.18 Å². The van der Waals surface area contributed by atoms with Crippen molar-refractivity contribution in [3.05, 3.63) is 28.2 Å². The topological polar surface area (TPSA) is 49.3 Å². The Hall–Kier alpha value is -1.10. The number of rotatable bonds is 4. The van der Waals surface area contributed by atoms with Gasteiger partial charge in [-0.3, -0.25) is 0 Å². The Bertz CT molecular complexity index is 344. The molecule has 0 amide bonds. The van der Waals surface area contributed by atoms with Gasteiger partial charge in [0.2, 0.25) is 0 Å². The molecular formula is C9H9BrFNO2. The minimum atomic E-state index is -1.03. The molecule has 14 heavy (non-hydrogen) atoms. The van der Waals surface area contributed by atoms with Crippen LogP contribution in [0.1, 0.15) is 10.4 Å². The van der Waals surface area contributed by atoms with E-state index in [-0.39, 0.29) is 12.1 Å². The number of hydrogen-bond acceptors (Lipinski definition) is 2. The van der Waals surface area contributed by atoms with Crippen molar-refractivity contribution in [2.24, 2.45) is 0 Å². The van der Waals surface area contributed by atoms with Crippen LogP contribution in [-0.2, 0) is 0 Å². The van der Waals surface area contributed by atoms with Crippen molar-refractivity contribution < 1.29 is 14.3 Å². The lowest BCUT2D eigenvalue weighted by Crippen LogP contribution is -2.08. The predicted molar refractivity (Wildman–Crippen MR) is 55.6 cm³/mol. The lowest BCUT2D eigenvalue weighted by Gasteiger charge is -2.07. The molecule has 0 spiro atoms. The first kappa shape index (κ1) is 11.0. The first-order valence-corrected chi connectivity index (χ1v) is 4.77. The third kappa shape index (κ3) is 2.70. The highest BCUT2D eigenvalue weighted by Crippen LogP contribution is 2.20. The van der Waals surface area contributed by atoms with Crippen LogP contribution in [-0.4, -0.2) is 24.3 Å². The van der Waals surface area contributed by atoms with E-state index >= 15 is 0 Å². The number of hydrogen-bond donors (Lipinski definition) is 2. The summed E-state index contributed by atoms with van der Waals surface area (Å²) in [6.07, 6.45) is 0. The summed E-state index contributed by atoms with van der Waals surface area (Å²) in [6.45, 7) is -0.420. The standard InChI is InChI=1S/C9H9BrFNO2/c10-6-1-2-8(12-4-3-11)7(5-6)9(13)14/h1-2,5,12H,3-4H2,(H,13,14). The molecule has 0 atom stereocenters. The molecule has 0 heterocycles. The molecule has 0 saturated heterocycles. The fourth-order valence-corrected chi connectivity index (χ4v) is 1.39. The molecule has 0 unspecified atom stereocenters. The predicted octanol–water partition coefficient (Wildman–Crippen LogP) is 2.53. The molecule has 0 aliphatic rings. The van der Waals surface area contributed by atoms with Crippen molar-refractivity contribution in [3.8, 4) is 0 Å². The fraction of sp³-hybridized carbons (Fsp3) is 0.222. The summed E-state index contributed by atoms with van der Waals surface area (Å²) in [4.78, 5) is 10.8. The Labute approximate surface area is 89.1 Å². The summed E-state index contributed by atoms with van der Waals surface area (Å²) in [6, 6.07) is 4.78. The summed E-state index contributed by atoms with van der Waals surface area (Å²) >= 11 is 3.17. The van der Waals surface area contributed by atoms with Gasteiger partial charge in [0.25, 0.3) is 0 Å². The second-order valence-electron chi connectivity index (χ2n) is 2.61. The van der Waals surface area contributed by atoms with Crippen LogP contribution >= 0.6 is 15.9 Å². The van der Waals surface area contributed by atoms with Gasteiger partial charge in [0, 0.05) is 16.7 Å². The number of carbonyl (C=O) groups is 1. The summed E-state index contributed by atoms with van der Waals surface area (Å²) in [5, 5.41) is 11.5. The number of nitrogens with one attached hydrogen (secondary N) is 1. The molecule has 0 aliphatic carbocycles. The number of benzene rings is 1. The van der Waals surface area contributed by atoms with E-state index in [9.17, 15) is 9.18 Å². The van der Waals surface area contributed by atoms with Gasteiger partial charge in [-0.2, -0.15) is 0 Å². The second kappa shape index (κ2) is 4.95. The van der Waals surface area contributed by atoms with Crippen molar-refractivity contribution in [1.29, 1.82) is 0 Å². The Morgan fingerprint density at radius 1 is 1.57 bits per heavy atom. The van der Waals surface area contributed by atoms with E-state index in [4.69, 9.17) is 5.11 Å². The maximum atomic E-state index is 11.9. The summed E-state index contributed by atoms with van der Waals surface area (Å²) in [7, 11) is 0. The number of anilines is 1. The quantitative estimate of drug-likeness (QED) is 0.876. The summed E-state index contributed by atoms with van der Waals surface area (Å²) < 4.78 is 12.6. The first-order valence-electron chi connectivity index (χ1n) is 3.98. The number of halogens is 2. The van der Waals surface area contributed by atoms with Crippen LogP contribution in [0.5, 0.6) is 0 Å². The van der Waals surface area contributed by atoms with Crippen LogP contribution < -0.4 is 5.32 Å². The van der Waals surface area contributed by atoms with Gasteiger partial charge in [0.1, 0.15) is 6.67 Å². The van der Waals surface area contributed by atoms with Gasteiger partial charge in [0.05, 0.1) is 5.56 Å². The molecule has 76 valence electrons. The Morgan fingerprint density at radius 2 is 2.29 bits per heavy atom. The van der Waals surface area contributed by atoms with Crippen molar-refractivity contribution in [2.45, 2.75) is 0 Å². The smallest absolute Gasteiger partial charge is 0.337 e. The van der Waals surface area contributed by atoms with Crippen LogP contribution in [0.25, 0.3) is 0 Å². The zero-order valence-corrected chi connectivity index (χ0v) is 8.84. The average molecular weight is 262 g/mol. The molecule has 0 saturated carbocycles. The highest BCUT2D eigenvalue weighted by atomic mass is 79.9. The molecule has 0 radical (unpaired) electrons. The van der Waals surface area contributed by atoms with Gasteiger partial charge in [0.15, 0.2) is 0 Å². The average Bonchev–Trinajstić information content (AvgIpc) is 2.15. The SMILES string of the molecule is O=C(O)c1cc(Br)ccc1NCCF. The van der Waals surface area contributed by atoms with E-state index in [1.54, 1.807) is 12.1 Å². The number of carboxylic acid groups (broad SMARTS) is 1. The zero-order valence-electron chi connectivity index (χ0n) is 7.26. The molecule has 0 fully saturated rings. The Balaban J connectivity index is 2.96. The van der Waals surface area contributed by atoms with Gasteiger partial charge in [-0.15, -0.1) is 0 Å². The van der Waals surface area contributed by atoms with Crippen molar-refractivity contribution in [3.63, 3.8) is 0 Å². The number of carboxylic acids is 1. The largest absolute Gasteiger partial charge is 0.478 e. The zero-order chi connectivity index (χ0) is 10.6. The fourth-order valence-electron chi connectivity index (χ4n) is 1.03. The highest BCUT2D eigenvalue weighted by molar-refractivity contribution is 9.10. The maximum absolute atomic E-state index is 11.9. The monoisotopic (exact) mass is 261 g/mol. The van der Waals surface area contributed by atoms with Gasteiger partial charge < -0.3 is 10.4 Å². The maximum Gasteiger partial charge on any atom is 0.337 e. The number of alkyl halides is 1. The van der Waals surface area contributed by atoms with E-state index in [2.05, 4.69) is 21.2 Å². The van der Waals surface area contributed by atoms with Crippen LogP contribution in [0.4, 0.5) is 10.1 Å². The minimum Gasteiger partial charge on any atom is -0.478 e. The highest BCUT2D eigenvalue weighted by Gasteiger charge is 2.09. The van der Waals surface area contributed by atoms with Crippen LogP contribution in [0.3, 0.4) is 0 Å². The molecule has 0 aliphatic heterocycles. The van der Waals surface area contributed by atoms with Gasteiger partial charge in [-0.1, -0.05) is 15.9 Å². The molecule has 0 bridgehead atoms. The van der Waals surface area contributed by atoms with Crippen LogP contribution in [0.2, 0.25) is 0 Å². The van der Waals surface area contributed by atoms with Crippen molar-refractivity contribution in [2.75, 3.05) is 18.5 Å². The molecule has 2 N–H and O–H groups in total. The Morgan fingerprint density at radius 3 is 2.86 bits per heavy atom. The third-order valence-electron chi connectivity index (χ3n) is 1.62. The summed E-state index contributed by atoms with van der Waals surface area (Å²) in [5.74, 6) is -1.03. The lowest BCUT2D eigenvalue weighted by molar-refractivity contribution is 0.0698. The molecule has 5 heteroatoms. The van der Waals surface area contributed by atoms with Crippen molar-refractivity contribution >= 4 is 27.6 Å². The molecule has 1 aromatic carbocycles. The van der Waals surface area contributed by atoms with Crippen molar-refractivity contribution in [1.82, 2.24) is 0 Å². The molecule has 1 aromatic rings. The van der Waals surface area contributed by atoms with Gasteiger partial charge >= 0.3 is 5.97 Å². The normalized spacial score (nSPS) is 9.86.